The standard InChI is InChI=1S/C34H54O4/c1-21(35)37-28-15-18-33(8)24-11-13-27-32(7,20-23(24)10-12-25(33)30(28,3)4)17-14-26-31(5,6)29(38-22(2)36)16-19-34(26,27)9/h10,24-29H,11-20H2,1-9H3/t24-,25-,26-,27-,28+,29-,32-,33+,34-/m0/s1. The van der Waals surface area contributed by atoms with Crippen LogP contribution in [0.5, 0.6) is 0 Å². The number of rotatable bonds is 2. The van der Waals surface area contributed by atoms with Crippen molar-refractivity contribution in [3.8, 4) is 0 Å². The van der Waals surface area contributed by atoms with Crippen LogP contribution in [0.3, 0.4) is 0 Å². The lowest BCUT2D eigenvalue weighted by Gasteiger charge is -2.64. The molecule has 4 heteroatoms. The van der Waals surface area contributed by atoms with Crippen LogP contribution in [-0.2, 0) is 19.1 Å². The largest absolute Gasteiger partial charge is 0.462 e. The number of carbonyl (C=O) groups is 2. The molecule has 4 fully saturated rings. The first kappa shape index (κ1) is 28.2. The fourth-order valence-electron chi connectivity index (χ4n) is 11.7. The van der Waals surface area contributed by atoms with Crippen molar-refractivity contribution in [1.29, 1.82) is 0 Å². The maximum Gasteiger partial charge on any atom is 0.302 e. The summed E-state index contributed by atoms with van der Waals surface area (Å²) in [6.07, 6.45) is 14.4. The summed E-state index contributed by atoms with van der Waals surface area (Å²) in [5, 5.41) is 0. The number of esters is 2. The molecule has 4 saturated carbocycles. The summed E-state index contributed by atoms with van der Waals surface area (Å²) in [6, 6.07) is 0. The van der Waals surface area contributed by atoms with Gasteiger partial charge in [0.2, 0.25) is 0 Å². The van der Waals surface area contributed by atoms with Crippen molar-refractivity contribution in [1.82, 2.24) is 0 Å². The second-order valence-electron chi connectivity index (χ2n) is 16.1. The highest BCUT2D eigenvalue weighted by molar-refractivity contribution is 5.66. The Labute approximate surface area is 232 Å². The number of allylic oxidation sites excluding steroid dienone is 2. The molecule has 0 amide bonds. The van der Waals surface area contributed by atoms with E-state index in [1.807, 2.05) is 0 Å². The smallest absolute Gasteiger partial charge is 0.302 e. The van der Waals surface area contributed by atoms with Gasteiger partial charge in [-0.1, -0.05) is 60.1 Å². The van der Waals surface area contributed by atoms with Crippen molar-refractivity contribution in [2.75, 3.05) is 0 Å². The Bertz CT molecular complexity index is 1010. The Morgan fingerprint density at radius 1 is 0.684 bits per heavy atom. The highest BCUT2D eigenvalue weighted by Crippen LogP contribution is 2.70. The van der Waals surface area contributed by atoms with Gasteiger partial charge in [-0.25, -0.2) is 0 Å². The van der Waals surface area contributed by atoms with E-state index in [4.69, 9.17) is 9.47 Å². The molecule has 38 heavy (non-hydrogen) atoms. The minimum Gasteiger partial charge on any atom is -0.462 e. The molecule has 0 spiro atoms. The van der Waals surface area contributed by atoms with Gasteiger partial charge >= 0.3 is 11.9 Å². The zero-order valence-electron chi connectivity index (χ0n) is 25.7. The van der Waals surface area contributed by atoms with Gasteiger partial charge in [0.1, 0.15) is 12.2 Å². The molecule has 0 aromatic rings. The van der Waals surface area contributed by atoms with Crippen LogP contribution in [-0.4, -0.2) is 24.1 Å². The Morgan fingerprint density at radius 3 is 1.82 bits per heavy atom. The molecule has 0 aromatic heterocycles. The van der Waals surface area contributed by atoms with Crippen molar-refractivity contribution in [2.24, 2.45) is 50.7 Å². The van der Waals surface area contributed by atoms with E-state index in [0.717, 1.165) is 25.7 Å². The lowest BCUT2D eigenvalue weighted by atomic mass is 9.42. The van der Waals surface area contributed by atoms with Gasteiger partial charge in [-0.15, -0.1) is 0 Å². The van der Waals surface area contributed by atoms with Crippen LogP contribution in [0.4, 0.5) is 0 Å². The summed E-state index contributed by atoms with van der Waals surface area (Å²) in [4.78, 5) is 23.8. The predicted molar refractivity (Wildman–Crippen MR) is 151 cm³/mol. The van der Waals surface area contributed by atoms with Crippen LogP contribution in [0.15, 0.2) is 11.6 Å². The van der Waals surface area contributed by atoms with E-state index in [-0.39, 0.29) is 45.8 Å². The molecule has 5 aliphatic carbocycles. The van der Waals surface area contributed by atoms with Crippen LogP contribution in [0.25, 0.3) is 0 Å². The third-order valence-electron chi connectivity index (χ3n) is 13.4. The fraction of sp³-hybridized carbons (Fsp3) is 0.882. The number of ether oxygens (including phenoxy) is 2. The summed E-state index contributed by atoms with van der Waals surface area (Å²) < 4.78 is 11.8. The summed E-state index contributed by atoms with van der Waals surface area (Å²) >= 11 is 0. The average Bonchev–Trinajstić information content (AvgIpc) is 2.94. The summed E-state index contributed by atoms with van der Waals surface area (Å²) in [5.41, 5.74) is 2.62. The van der Waals surface area contributed by atoms with Crippen LogP contribution in [0.2, 0.25) is 0 Å². The lowest BCUT2D eigenvalue weighted by Crippen LogP contribution is -2.59. The van der Waals surface area contributed by atoms with Gasteiger partial charge in [-0.05, 0) is 104 Å². The van der Waals surface area contributed by atoms with Gasteiger partial charge in [0, 0.05) is 24.7 Å². The monoisotopic (exact) mass is 526 g/mol. The van der Waals surface area contributed by atoms with Gasteiger partial charge in [0.15, 0.2) is 0 Å². The maximum absolute atomic E-state index is 11.9. The molecule has 0 saturated heterocycles. The minimum absolute atomic E-state index is 0.00846. The molecular formula is C34H54O4. The fourth-order valence-corrected chi connectivity index (χ4v) is 11.7. The number of hydrogen-bond donors (Lipinski definition) is 0. The third-order valence-corrected chi connectivity index (χ3v) is 13.4. The van der Waals surface area contributed by atoms with E-state index >= 15 is 0 Å². The molecule has 214 valence electrons. The first-order valence-corrected chi connectivity index (χ1v) is 15.6. The van der Waals surface area contributed by atoms with E-state index < -0.39 is 0 Å². The van der Waals surface area contributed by atoms with E-state index in [1.165, 1.54) is 38.5 Å². The molecule has 4 nitrogen and oxygen atoms in total. The quantitative estimate of drug-likeness (QED) is 0.268. The lowest BCUT2D eigenvalue weighted by molar-refractivity contribution is -0.192. The van der Waals surface area contributed by atoms with Crippen LogP contribution >= 0.6 is 0 Å². The first-order chi connectivity index (χ1) is 17.6. The molecule has 5 aliphatic rings. The summed E-state index contributed by atoms with van der Waals surface area (Å²) in [7, 11) is 0. The van der Waals surface area contributed by atoms with Gasteiger partial charge in [0.05, 0.1) is 0 Å². The van der Waals surface area contributed by atoms with E-state index in [9.17, 15) is 9.59 Å². The SMILES string of the molecule is CC(=O)O[C@H]1CC[C@@]2(C)[C@@H](CC[C@@]3(C)CC4=CC[C@H]5C(C)(C)[C@H](OC(C)=O)CC[C@]5(C)[C@H]4CC[C@@H]32)C1(C)C. The second kappa shape index (κ2) is 9.10. The molecule has 0 radical (unpaired) electrons. The predicted octanol–water partition coefficient (Wildman–Crippen LogP) is 8.28. The molecule has 0 aromatic carbocycles. The molecule has 5 rings (SSSR count). The number of carbonyl (C=O) groups excluding carboxylic acids is 2. The van der Waals surface area contributed by atoms with Crippen molar-refractivity contribution in [3.05, 3.63) is 11.6 Å². The molecule has 0 aliphatic heterocycles. The molecule has 9 atom stereocenters. The molecule has 0 N–H and O–H groups in total. The molecule has 0 bridgehead atoms. The minimum atomic E-state index is -0.140. The molecular weight excluding hydrogens is 472 g/mol. The van der Waals surface area contributed by atoms with Gasteiger partial charge < -0.3 is 9.47 Å². The second-order valence-corrected chi connectivity index (χ2v) is 16.1. The van der Waals surface area contributed by atoms with Crippen LogP contribution in [0, 0.1) is 50.7 Å². The zero-order chi connectivity index (χ0) is 27.9. The number of hydrogen-bond acceptors (Lipinski definition) is 4. The highest BCUT2D eigenvalue weighted by atomic mass is 16.5. The van der Waals surface area contributed by atoms with Crippen molar-refractivity contribution in [3.63, 3.8) is 0 Å². The Kier molecular flexibility index (Phi) is 6.76. The topological polar surface area (TPSA) is 52.6 Å². The van der Waals surface area contributed by atoms with Crippen LogP contribution < -0.4 is 0 Å². The highest BCUT2D eigenvalue weighted by Gasteiger charge is 2.63. The summed E-state index contributed by atoms with van der Waals surface area (Å²) in [6.45, 7) is 20.4. The van der Waals surface area contributed by atoms with Crippen molar-refractivity contribution >= 4 is 11.9 Å². The average molecular weight is 527 g/mol. The Hall–Kier alpha value is -1.32. The van der Waals surface area contributed by atoms with Crippen LogP contribution in [0.1, 0.15) is 127 Å². The zero-order valence-corrected chi connectivity index (χ0v) is 25.7. The van der Waals surface area contributed by atoms with E-state index in [0.29, 0.717) is 29.1 Å². The Morgan fingerprint density at radius 2 is 1.24 bits per heavy atom. The molecule has 0 unspecified atom stereocenters. The van der Waals surface area contributed by atoms with Crippen molar-refractivity contribution in [2.45, 2.75) is 139 Å². The van der Waals surface area contributed by atoms with Gasteiger partial charge in [-0.3, -0.25) is 9.59 Å². The normalized spacial score (nSPS) is 47.1. The van der Waals surface area contributed by atoms with E-state index in [2.05, 4.69) is 54.5 Å². The van der Waals surface area contributed by atoms with Gasteiger partial charge in [0.25, 0.3) is 0 Å². The van der Waals surface area contributed by atoms with E-state index in [1.54, 1.807) is 19.4 Å². The summed E-state index contributed by atoms with van der Waals surface area (Å²) in [5.74, 6) is 2.18. The number of fused-ring (bicyclic) bond motifs is 6. The van der Waals surface area contributed by atoms with Gasteiger partial charge in [-0.2, -0.15) is 0 Å². The van der Waals surface area contributed by atoms with Crippen molar-refractivity contribution < 1.29 is 19.1 Å². The third kappa shape index (κ3) is 4.12. The molecule has 0 heterocycles. The maximum atomic E-state index is 11.9. The Balaban J connectivity index is 1.44. The first-order valence-electron chi connectivity index (χ1n) is 15.6.